The molecule has 1 aromatic carbocycles. The van der Waals surface area contributed by atoms with E-state index < -0.39 is 12.1 Å². The molecule has 0 heterocycles. The highest BCUT2D eigenvalue weighted by atomic mass is 16.5. The summed E-state index contributed by atoms with van der Waals surface area (Å²) in [7, 11) is 0. The summed E-state index contributed by atoms with van der Waals surface area (Å²) < 4.78 is 5.45. The van der Waals surface area contributed by atoms with Crippen LogP contribution in [-0.4, -0.2) is 23.5 Å². The maximum Gasteiger partial charge on any atom is 0.344 e. The maximum atomic E-state index is 11.1. The van der Waals surface area contributed by atoms with Crippen molar-refractivity contribution in [3.8, 4) is 5.75 Å². The van der Waals surface area contributed by atoms with Crippen LogP contribution in [0.4, 0.5) is 0 Å². The number of carbonyl (C=O) groups is 2. The Morgan fingerprint density at radius 3 is 2.78 bits per heavy atom. The Bertz CT molecular complexity index is 426. The van der Waals surface area contributed by atoms with Crippen LogP contribution >= 0.6 is 0 Å². The molecule has 1 rings (SSSR count). The van der Waals surface area contributed by atoms with Gasteiger partial charge in [-0.3, -0.25) is 4.79 Å². The molecule has 1 N–H and O–H groups in total. The Hall–Kier alpha value is -1.84. The molecule has 0 aromatic heterocycles. The van der Waals surface area contributed by atoms with Gasteiger partial charge in [-0.1, -0.05) is 25.5 Å². The molecule has 0 aliphatic heterocycles. The number of rotatable bonds is 7. The minimum Gasteiger partial charge on any atom is -0.479 e. The fraction of sp³-hybridized carbons (Fsp3) is 0.429. The Kier molecular flexibility index (Phi) is 5.36. The Balaban J connectivity index is 2.89. The smallest absolute Gasteiger partial charge is 0.344 e. The van der Waals surface area contributed by atoms with Gasteiger partial charge in [0.25, 0.3) is 0 Å². The summed E-state index contributed by atoms with van der Waals surface area (Å²) in [5.74, 6) is -0.657. The molecule has 0 saturated heterocycles. The molecular formula is C14H18O4. The van der Waals surface area contributed by atoms with Crippen LogP contribution in [-0.2, 0) is 4.79 Å². The van der Waals surface area contributed by atoms with Crippen molar-refractivity contribution in [2.75, 3.05) is 0 Å². The first-order valence-electron chi connectivity index (χ1n) is 6.04. The summed E-state index contributed by atoms with van der Waals surface area (Å²) in [4.78, 5) is 22.1. The van der Waals surface area contributed by atoms with Gasteiger partial charge in [0.15, 0.2) is 12.4 Å². The predicted octanol–water partition coefficient (Wildman–Crippen LogP) is 2.83. The third-order valence-electron chi connectivity index (χ3n) is 2.77. The van der Waals surface area contributed by atoms with Crippen molar-refractivity contribution in [3.05, 3.63) is 29.3 Å². The number of benzene rings is 1. The van der Waals surface area contributed by atoms with E-state index in [1.165, 1.54) is 0 Å². The monoisotopic (exact) mass is 250 g/mol. The number of aryl methyl sites for hydroxylation is 1. The van der Waals surface area contributed by atoms with Crippen molar-refractivity contribution in [2.45, 2.75) is 39.2 Å². The van der Waals surface area contributed by atoms with E-state index in [0.29, 0.717) is 24.0 Å². The lowest BCUT2D eigenvalue weighted by molar-refractivity contribution is -0.145. The number of aldehydes is 1. The lowest BCUT2D eigenvalue weighted by Gasteiger charge is -2.16. The number of carbonyl (C=O) groups excluding carboxylic acids is 1. The quantitative estimate of drug-likeness (QED) is 0.756. The Morgan fingerprint density at radius 1 is 1.50 bits per heavy atom. The highest BCUT2D eigenvalue weighted by molar-refractivity contribution is 5.82. The Morgan fingerprint density at radius 2 is 2.22 bits per heavy atom. The highest BCUT2D eigenvalue weighted by Crippen LogP contribution is 2.22. The van der Waals surface area contributed by atoms with Gasteiger partial charge in [-0.05, 0) is 31.4 Å². The van der Waals surface area contributed by atoms with Crippen molar-refractivity contribution < 1.29 is 19.4 Å². The highest BCUT2D eigenvalue weighted by Gasteiger charge is 2.20. The topological polar surface area (TPSA) is 63.6 Å². The van der Waals surface area contributed by atoms with Gasteiger partial charge >= 0.3 is 5.97 Å². The standard InChI is InChI=1S/C14H18O4/c1-3-4-7-13(14(16)17)18-12-8-5-6-10(2)11(12)9-15/h5-6,8-9,13H,3-4,7H2,1-2H3,(H,16,17). The van der Waals surface area contributed by atoms with Gasteiger partial charge in [-0.2, -0.15) is 0 Å². The van der Waals surface area contributed by atoms with Crippen LogP contribution in [0.1, 0.15) is 42.1 Å². The van der Waals surface area contributed by atoms with Crippen molar-refractivity contribution in [2.24, 2.45) is 0 Å². The molecule has 18 heavy (non-hydrogen) atoms. The lowest BCUT2D eigenvalue weighted by atomic mass is 10.1. The van der Waals surface area contributed by atoms with Gasteiger partial charge in [-0.15, -0.1) is 0 Å². The van der Waals surface area contributed by atoms with E-state index in [2.05, 4.69) is 0 Å². The summed E-state index contributed by atoms with van der Waals surface area (Å²) in [5, 5.41) is 9.08. The molecule has 0 aliphatic rings. The van der Waals surface area contributed by atoms with Crippen LogP contribution in [0.5, 0.6) is 5.75 Å². The van der Waals surface area contributed by atoms with Crippen molar-refractivity contribution in [1.29, 1.82) is 0 Å². The molecule has 0 fully saturated rings. The van der Waals surface area contributed by atoms with Gasteiger partial charge < -0.3 is 9.84 Å². The minimum absolute atomic E-state index is 0.341. The van der Waals surface area contributed by atoms with E-state index in [1.807, 2.05) is 6.92 Å². The van der Waals surface area contributed by atoms with Crippen LogP contribution in [0.25, 0.3) is 0 Å². The van der Waals surface area contributed by atoms with E-state index in [1.54, 1.807) is 25.1 Å². The van der Waals surface area contributed by atoms with Crippen LogP contribution < -0.4 is 4.74 Å². The molecule has 4 heteroatoms. The second kappa shape index (κ2) is 6.79. The molecule has 1 atom stereocenters. The van der Waals surface area contributed by atoms with E-state index in [0.717, 1.165) is 18.4 Å². The van der Waals surface area contributed by atoms with Gasteiger partial charge in [-0.25, -0.2) is 4.79 Å². The maximum absolute atomic E-state index is 11.1. The normalized spacial score (nSPS) is 11.9. The largest absolute Gasteiger partial charge is 0.479 e. The van der Waals surface area contributed by atoms with Gasteiger partial charge in [0.1, 0.15) is 5.75 Å². The van der Waals surface area contributed by atoms with Crippen LogP contribution in [0, 0.1) is 6.92 Å². The molecule has 1 aromatic rings. The molecule has 1 unspecified atom stereocenters. The molecule has 98 valence electrons. The zero-order chi connectivity index (χ0) is 13.5. The predicted molar refractivity (Wildman–Crippen MR) is 68.1 cm³/mol. The molecule has 0 aliphatic carbocycles. The van der Waals surface area contributed by atoms with E-state index >= 15 is 0 Å². The van der Waals surface area contributed by atoms with E-state index in [-0.39, 0.29) is 0 Å². The number of ether oxygens (including phenoxy) is 1. The Labute approximate surface area is 107 Å². The lowest BCUT2D eigenvalue weighted by Crippen LogP contribution is -2.27. The number of carboxylic acids is 1. The van der Waals surface area contributed by atoms with Crippen LogP contribution in [0.15, 0.2) is 18.2 Å². The number of carboxylic acid groups (broad SMARTS) is 1. The van der Waals surface area contributed by atoms with Gasteiger partial charge in [0.05, 0.1) is 5.56 Å². The van der Waals surface area contributed by atoms with Crippen LogP contribution in [0.2, 0.25) is 0 Å². The number of hydrogen-bond donors (Lipinski definition) is 1. The first-order valence-corrected chi connectivity index (χ1v) is 6.04. The minimum atomic E-state index is -0.998. The summed E-state index contributed by atoms with van der Waals surface area (Å²) >= 11 is 0. The molecule has 0 radical (unpaired) electrons. The summed E-state index contributed by atoms with van der Waals surface area (Å²) in [6, 6.07) is 5.16. The van der Waals surface area contributed by atoms with E-state index in [9.17, 15) is 9.59 Å². The second-order valence-electron chi connectivity index (χ2n) is 4.19. The van der Waals surface area contributed by atoms with Gasteiger partial charge in [0.2, 0.25) is 0 Å². The first kappa shape index (κ1) is 14.2. The molecule has 0 bridgehead atoms. The average Bonchev–Trinajstić information content (AvgIpc) is 2.34. The summed E-state index contributed by atoms with van der Waals surface area (Å²) in [6.07, 6.45) is 1.92. The number of unbranched alkanes of at least 4 members (excludes halogenated alkanes) is 1. The molecular weight excluding hydrogens is 232 g/mol. The zero-order valence-corrected chi connectivity index (χ0v) is 10.7. The molecule has 0 amide bonds. The molecule has 0 spiro atoms. The average molecular weight is 250 g/mol. The first-order chi connectivity index (χ1) is 8.60. The van der Waals surface area contributed by atoms with Crippen molar-refractivity contribution in [1.82, 2.24) is 0 Å². The fourth-order valence-corrected chi connectivity index (χ4v) is 1.68. The number of aliphatic carboxylic acids is 1. The van der Waals surface area contributed by atoms with Gasteiger partial charge in [0, 0.05) is 0 Å². The van der Waals surface area contributed by atoms with Crippen molar-refractivity contribution >= 4 is 12.3 Å². The molecule has 4 nitrogen and oxygen atoms in total. The summed E-state index contributed by atoms with van der Waals surface area (Å²) in [6.45, 7) is 3.78. The summed E-state index contributed by atoms with van der Waals surface area (Å²) in [5.41, 5.74) is 1.20. The third kappa shape index (κ3) is 3.58. The van der Waals surface area contributed by atoms with Crippen LogP contribution in [0.3, 0.4) is 0 Å². The van der Waals surface area contributed by atoms with E-state index in [4.69, 9.17) is 9.84 Å². The third-order valence-corrected chi connectivity index (χ3v) is 2.77. The van der Waals surface area contributed by atoms with Crippen molar-refractivity contribution in [3.63, 3.8) is 0 Å². The fourth-order valence-electron chi connectivity index (χ4n) is 1.68. The number of hydrogen-bond acceptors (Lipinski definition) is 3. The SMILES string of the molecule is CCCCC(Oc1cccc(C)c1C=O)C(=O)O. The zero-order valence-electron chi connectivity index (χ0n) is 10.7. The molecule has 0 saturated carbocycles. The second-order valence-corrected chi connectivity index (χ2v) is 4.19.